The molecule has 0 aliphatic heterocycles. The fraction of sp³-hybridized carbons (Fsp3) is 0.474. The topological polar surface area (TPSA) is 94.2 Å². The van der Waals surface area contributed by atoms with Crippen LogP contribution in [0.2, 0.25) is 5.02 Å². The average molecular weight is 392 g/mol. The molecule has 1 saturated carbocycles. The zero-order chi connectivity index (χ0) is 19.4. The molecule has 1 amide bonds. The van der Waals surface area contributed by atoms with E-state index in [9.17, 15) is 4.79 Å². The minimum atomic E-state index is -0.163. The minimum absolute atomic E-state index is 0.0811. The number of rotatable bonds is 7. The number of halogens is 1. The highest BCUT2D eigenvalue weighted by Crippen LogP contribution is 2.27. The lowest BCUT2D eigenvalue weighted by Gasteiger charge is -2.18. The largest absolute Gasteiger partial charge is 0.495 e. The third-order valence-corrected chi connectivity index (χ3v) is 5.15. The zero-order valence-electron chi connectivity index (χ0n) is 15.7. The Bertz CT molecular complexity index is 807. The van der Waals surface area contributed by atoms with E-state index in [0.29, 0.717) is 35.4 Å². The number of nitrogens with two attached hydrogens (primary N) is 1. The van der Waals surface area contributed by atoms with Gasteiger partial charge < -0.3 is 25.7 Å². The SMILES string of the molecule is CCNC(=O)c1c(N[C@H]2CCC[C@H]2N)ncn1Cc1ccc(OC)c(Cl)c1. The summed E-state index contributed by atoms with van der Waals surface area (Å²) < 4.78 is 7.02. The lowest BCUT2D eigenvalue weighted by Crippen LogP contribution is -2.36. The van der Waals surface area contributed by atoms with E-state index in [4.69, 9.17) is 22.1 Å². The van der Waals surface area contributed by atoms with Crippen molar-refractivity contribution in [1.82, 2.24) is 14.9 Å². The molecule has 146 valence electrons. The van der Waals surface area contributed by atoms with Crippen molar-refractivity contribution in [1.29, 1.82) is 0 Å². The molecule has 1 heterocycles. The average Bonchev–Trinajstić information content (AvgIpc) is 3.22. The lowest BCUT2D eigenvalue weighted by molar-refractivity contribution is 0.0948. The van der Waals surface area contributed by atoms with Crippen molar-refractivity contribution in [3.05, 3.63) is 40.8 Å². The molecular weight excluding hydrogens is 366 g/mol. The summed E-state index contributed by atoms with van der Waals surface area (Å²) in [6.07, 6.45) is 4.72. The van der Waals surface area contributed by atoms with E-state index in [1.807, 2.05) is 29.7 Å². The van der Waals surface area contributed by atoms with Crippen molar-refractivity contribution >= 4 is 23.3 Å². The number of aromatic nitrogens is 2. The molecule has 3 rings (SSSR count). The Balaban J connectivity index is 1.87. The van der Waals surface area contributed by atoms with Gasteiger partial charge in [0.15, 0.2) is 11.5 Å². The molecule has 1 aliphatic rings. The summed E-state index contributed by atoms with van der Waals surface area (Å²) in [5, 5.41) is 6.77. The first-order valence-corrected chi connectivity index (χ1v) is 9.59. The van der Waals surface area contributed by atoms with Crippen LogP contribution in [0.3, 0.4) is 0 Å². The van der Waals surface area contributed by atoms with E-state index >= 15 is 0 Å². The second kappa shape index (κ2) is 8.63. The van der Waals surface area contributed by atoms with Crippen molar-refractivity contribution in [3.8, 4) is 5.75 Å². The molecule has 8 heteroatoms. The Morgan fingerprint density at radius 2 is 2.26 bits per heavy atom. The van der Waals surface area contributed by atoms with Crippen LogP contribution in [-0.2, 0) is 6.54 Å². The predicted molar refractivity (Wildman–Crippen MR) is 107 cm³/mol. The van der Waals surface area contributed by atoms with Gasteiger partial charge in [-0.3, -0.25) is 4.79 Å². The second-order valence-electron chi connectivity index (χ2n) is 6.74. The number of carbonyl (C=O) groups is 1. The van der Waals surface area contributed by atoms with Gasteiger partial charge in [-0.15, -0.1) is 0 Å². The quantitative estimate of drug-likeness (QED) is 0.674. The van der Waals surface area contributed by atoms with Crippen LogP contribution in [0.25, 0.3) is 0 Å². The summed E-state index contributed by atoms with van der Waals surface area (Å²) in [6.45, 7) is 2.91. The van der Waals surface area contributed by atoms with Gasteiger partial charge in [-0.25, -0.2) is 4.98 Å². The Kier molecular flexibility index (Phi) is 6.23. The van der Waals surface area contributed by atoms with Crippen molar-refractivity contribution < 1.29 is 9.53 Å². The summed E-state index contributed by atoms with van der Waals surface area (Å²) in [7, 11) is 1.58. The molecule has 0 radical (unpaired) electrons. The van der Waals surface area contributed by atoms with Gasteiger partial charge in [-0.1, -0.05) is 17.7 Å². The van der Waals surface area contributed by atoms with Gasteiger partial charge in [0.05, 0.1) is 18.5 Å². The van der Waals surface area contributed by atoms with E-state index in [0.717, 1.165) is 24.8 Å². The second-order valence-corrected chi connectivity index (χ2v) is 7.15. The number of benzene rings is 1. The predicted octanol–water partition coefficient (Wildman–Crippen LogP) is 2.63. The molecule has 27 heavy (non-hydrogen) atoms. The van der Waals surface area contributed by atoms with Crippen LogP contribution in [-0.4, -0.2) is 41.2 Å². The number of methoxy groups -OCH3 is 1. The van der Waals surface area contributed by atoms with Crippen LogP contribution >= 0.6 is 11.6 Å². The monoisotopic (exact) mass is 391 g/mol. The molecular formula is C19H26ClN5O2. The summed E-state index contributed by atoms with van der Waals surface area (Å²) in [6, 6.07) is 5.79. The number of ether oxygens (including phenoxy) is 1. The normalized spacial score (nSPS) is 19.1. The van der Waals surface area contributed by atoms with Crippen LogP contribution in [0.4, 0.5) is 5.82 Å². The third-order valence-electron chi connectivity index (χ3n) is 4.85. The van der Waals surface area contributed by atoms with Gasteiger partial charge in [0.25, 0.3) is 5.91 Å². The number of hydrogen-bond acceptors (Lipinski definition) is 5. The summed E-state index contributed by atoms with van der Waals surface area (Å²) in [5.74, 6) is 1.03. The molecule has 0 unspecified atom stereocenters. The Labute approximate surface area is 164 Å². The Hall–Kier alpha value is -2.25. The first-order chi connectivity index (χ1) is 13.0. The smallest absolute Gasteiger partial charge is 0.271 e. The number of amides is 1. The van der Waals surface area contributed by atoms with Gasteiger partial charge in [0.2, 0.25) is 0 Å². The number of nitrogens with zero attached hydrogens (tertiary/aromatic N) is 2. The minimum Gasteiger partial charge on any atom is -0.495 e. The molecule has 1 aliphatic carbocycles. The van der Waals surface area contributed by atoms with Crippen LogP contribution < -0.4 is 21.1 Å². The molecule has 7 nitrogen and oxygen atoms in total. The zero-order valence-corrected chi connectivity index (χ0v) is 16.4. The third kappa shape index (κ3) is 4.36. The molecule has 2 atom stereocenters. The Morgan fingerprint density at radius 1 is 1.44 bits per heavy atom. The molecule has 2 aromatic rings. The van der Waals surface area contributed by atoms with Crippen molar-refractivity contribution in [2.45, 2.75) is 44.8 Å². The maximum atomic E-state index is 12.7. The van der Waals surface area contributed by atoms with Crippen LogP contribution in [0.15, 0.2) is 24.5 Å². The molecule has 1 aromatic carbocycles. The van der Waals surface area contributed by atoms with E-state index in [1.54, 1.807) is 13.4 Å². The molecule has 0 bridgehead atoms. The van der Waals surface area contributed by atoms with Crippen LogP contribution in [0, 0.1) is 0 Å². The summed E-state index contributed by atoms with van der Waals surface area (Å²) in [4.78, 5) is 17.1. The number of anilines is 1. The number of hydrogen-bond donors (Lipinski definition) is 3. The molecule has 1 aromatic heterocycles. The highest BCUT2D eigenvalue weighted by Gasteiger charge is 2.27. The number of nitrogens with one attached hydrogen (secondary N) is 2. The number of carbonyl (C=O) groups excluding carboxylic acids is 1. The highest BCUT2D eigenvalue weighted by atomic mass is 35.5. The van der Waals surface area contributed by atoms with E-state index in [-0.39, 0.29) is 18.0 Å². The van der Waals surface area contributed by atoms with Gasteiger partial charge >= 0.3 is 0 Å². The first-order valence-electron chi connectivity index (χ1n) is 9.21. The molecule has 4 N–H and O–H groups in total. The standard InChI is InChI=1S/C19H26ClN5O2/c1-3-22-19(26)17-18(24-15-6-4-5-14(15)21)23-11-25(17)10-12-7-8-16(27-2)13(20)9-12/h7-9,11,14-15,24H,3-6,10,21H2,1-2H3,(H,22,26)/t14-,15+/m1/s1. The van der Waals surface area contributed by atoms with E-state index in [1.165, 1.54) is 0 Å². The molecule has 0 saturated heterocycles. The lowest BCUT2D eigenvalue weighted by atomic mass is 10.2. The fourth-order valence-corrected chi connectivity index (χ4v) is 3.72. The number of imidazole rings is 1. The molecule has 0 spiro atoms. The van der Waals surface area contributed by atoms with Gasteiger partial charge in [0.1, 0.15) is 5.75 Å². The summed E-state index contributed by atoms with van der Waals surface area (Å²) >= 11 is 6.23. The van der Waals surface area contributed by atoms with Gasteiger partial charge in [0, 0.05) is 25.2 Å². The van der Waals surface area contributed by atoms with Gasteiger partial charge in [-0.05, 0) is 43.9 Å². The van der Waals surface area contributed by atoms with Gasteiger partial charge in [-0.2, -0.15) is 0 Å². The van der Waals surface area contributed by atoms with Crippen molar-refractivity contribution in [2.24, 2.45) is 5.73 Å². The van der Waals surface area contributed by atoms with Crippen molar-refractivity contribution in [3.63, 3.8) is 0 Å². The highest BCUT2D eigenvalue weighted by molar-refractivity contribution is 6.32. The van der Waals surface area contributed by atoms with Crippen LogP contribution in [0.5, 0.6) is 5.75 Å². The maximum absolute atomic E-state index is 12.7. The van der Waals surface area contributed by atoms with Crippen molar-refractivity contribution in [2.75, 3.05) is 19.0 Å². The Morgan fingerprint density at radius 3 is 2.89 bits per heavy atom. The van der Waals surface area contributed by atoms with E-state index < -0.39 is 0 Å². The maximum Gasteiger partial charge on any atom is 0.271 e. The fourth-order valence-electron chi connectivity index (χ4n) is 3.44. The first kappa shape index (κ1) is 19.5. The van der Waals surface area contributed by atoms with E-state index in [2.05, 4.69) is 15.6 Å². The van der Waals surface area contributed by atoms with Crippen LogP contribution in [0.1, 0.15) is 42.2 Å². The molecule has 1 fully saturated rings. The summed E-state index contributed by atoms with van der Waals surface area (Å²) in [5.41, 5.74) is 7.62.